The van der Waals surface area contributed by atoms with Crippen molar-refractivity contribution in [3.63, 3.8) is 0 Å². The van der Waals surface area contributed by atoms with Crippen LogP contribution in [0, 0.1) is 50.8 Å². The summed E-state index contributed by atoms with van der Waals surface area (Å²) in [6.45, 7) is 1.16. The zero-order chi connectivity index (χ0) is 23.4. The van der Waals surface area contributed by atoms with E-state index in [1.807, 2.05) is 29.2 Å². The first-order valence-electron chi connectivity index (χ1n) is 10.9. The number of carbonyl (C=O) groups is 1. The minimum absolute atomic E-state index is 0. The van der Waals surface area contributed by atoms with Crippen molar-refractivity contribution in [3.05, 3.63) is 112 Å². The molecule has 1 aliphatic heterocycles. The van der Waals surface area contributed by atoms with E-state index in [0.717, 1.165) is 41.6 Å². The first kappa shape index (κ1) is 26.5. The molecule has 0 bridgehead atoms. The largest absolute Gasteiger partial charge is 2.00 e. The van der Waals surface area contributed by atoms with Crippen LogP contribution in [0.3, 0.4) is 0 Å². The van der Waals surface area contributed by atoms with Gasteiger partial charge in [0.25, 0.3) is 5.91 Å². The third-order valence-corrected chi connectivity index (χ3v) is 6.15. The number of hydrogen-bond donors (Lipinski definition) is 1. The molecule has 3 nitrogen and oxygen atoms in total. The summed E-state index contributed by atoms with van der Waals surface area (Å²) >= 11 is 0. The van der Waals surface area contributed by atoms with Gasteiger partial charge in [0, 0.05) is 31.2 Å². The van der Waals surface area contributed by atoms with Gasteiger partial charge in [-0.05, 0) is 47.6 Å². The quantitative estimate of drug-likeness (QED) is 0.357. The molecule has 0 spiro atoms. The molecule has 1 amide bonds. The van der Waals surface area contributed by atoms with Gasteiger partial charge in [0.2, 0.25) is 0 Å². The number of halogens is 3. The number of carbonyl (C=O) groups excluding carboxylic acids is 1. The van der Waals surface area contributed by atoms with Crippen LogP contribution in [0.4, 0.5) is 13.2 Å². The fourth-order valence-electron chi connectivity index (χ4n) is 4.75. The summed E-state index contributed by atoms with van der Waals surface area (Å²) in [6.07, 6.45) is 2.20. The molecule has 3 aromatic carbocycles. The normalized spacial score (nSPS) is 14.4. The van der Waals surface area contributed by atoms with Crippen molar-refractivity contribution in [1.82, 2.24) is 10.2 Å². The molecule has 0 radical (unpaired) electrons. The third kappa shape index (κ3) is 6.53. The number of aryl methyl sites for hydroxylation is 1. The number of nitrogens with zero attached hydrogens (tertiary/aromatic N) is 1. The maximum Gasteiger partial charge on any atom is 2.00 e. The van der Waals surface area contributed by atoms with Gasteiger partial charge in [0.15, 0.2) is 6.68 Å². The molecule has 2 aliphatic rings. The Bertz CT molecular complexity index is 1100. The molecule has 0 saturated carbocycles. The van der Waals surface area contributed by atoms with Crippen LogP contribution in [0.1, 0.15) is 43.7 Å². The molecule has 0 atom stereocenters. The molecule has 1 aliphatic carbocycles. The van der Waals surface area contributed by atoms with Gasteiger partial charge in [-0.25, -0.2) is 0 Å². The van der Waals surface area contributed by atoms with E-state index < -0.39 is 6.68 Å². The summed E-state index contributed by atoms with van der Waals surface area (Å²) in [5.74, 6) is 0.149. The average molecular weight is 689 g/mol. The molecule has 34 heavy (non-hydrogen) atoms. The predicted octanol–water partition coefficient (Wildman–Crippen LogP) is 5.55. The van der Waals surface area contributed by atoms with Gasteiger partial charge in [0.05, 0.1) is 0 Å². The van der Waals surface area contributed by atoms with E-state index in [4.69, 9.17) is 0 Å². The van der Waals surface area contributed by atoms with Crippen molar-refractivity contribution in [2.45, 2.75) is 45.4 Å². The molecule has 0 saturated heterocycles. The third-order valence-electron chi connectivity index (χ3n) is 6.15. The minimum Gasteiger partial charge on any atom is -0.385 e. The van der Waals surface area contributed by atoms with Crippen molar-refractivity contribution >= 4 is 5.91 Å². The van der Waals surface area contributed by atoms with E-state index in [2.05, 4.69) is 54.7 Å². The van der Waals surface area contributed by atoms with E-state index in [1.54, 1.807) is 0 Å². The van der Waals surface area contributed by atoms with Gasteiger partial charge in [-0.1, -0.05) is 36.4 Å². The minimum atomic E-state index is -3.08. The van der Waals surface area contributed by atoms with Crippen LogP contribution in [0.15, 0.2) is 60.7 Å². The Labute approximate surface area is 222 Å². The zero-order valence-corrected chi connectivity index (χ0v) is 23.0. The van der Waals surface area contributed by atoms with E-state index >= 15 is 0 Å². The fourth-order valence-corrected chi connectivity index (χ4v) is 4.75. The van der Waals surface area contributed by atoms with E-state index in [-0.39, 0.29) is 37.0 Å². The van der Waals surface area contributed by atoms with Crippen LogP contribution < -0.4 is 5.32 Å². The van der Waals surface area contributed by atoms with Crippen LogP contribution in [0.5, 0.6) is 0 Å². The van der Waals surface area contributed by atoms with Gasteiger partial charge in [0.1, 0.15) is 0 Å². The van der Waals surface area contributed by atoms with E-state index in [0.29, 0.717) is 19.1 Å². The first-order valence-corrected chi connectivity index (χ1v) is 10.9. The summed E-state index contributed by atoms with van der Waals surface area (Å²) in [5, 5.41) is 3.72. The predicted molar refractivity (Wildman–Crippen MR) is 121 cm³/mol. The molecule has 174 valence electrons. The Balaban J connectivity index is 0.000000603. The second-order valence-electron chi connectivity index (χ2n) is 8.49. The van der Waals surface area contributed by atoms with Crippen molar-refractivity contribution in [2.24, 2.45) is 0 Å². The Morgan fingerprint density at radius 2 is 1.62 bits per heavy atom. The van der Waals surface area contributed by atoms with Crippen molar-refractivity contribution in [3.8, 4) is 0 Å². The summed E-state index contributed by atoms with van der Waals surface area (Å²) < 4.78 is 28.8. The zero-order valence-electron chi connectivity index (χ0n) is 18.9. The van der Waals surface area contributed by atoms with E-state index in [9.17, 15) is 18.0 Å². The monoisotopic (exact) mass is 688 g/mol. The summed E-state index contributed by atoms with van der Waals surface area (Å²) in [6, 6.07) is 24.5. The second kappa shape index (κ2) is 12.1. The number of hydrogen-bond acceptors (Lipinski definition) is 2. The number of nitrogens with one attached hydrogen (secondary N) is 1. The Hall–Kier alpha value is -2.07. The SMILES string of the molecule is Cc1cc(CNC2Cc3ccccc3C2)cc2c1C(=O)N(Cc1cc[c-]cc1)C2.F[C-](F)F.[U+2]. The van der Waals surface area contributed by atoms with Gasteiger partial charge in [-0.2, -0.15) is 30.3 Å². The molecule has 7 heteroatoms. The van der Waals surface area contributed by atoms with Crippen molar-refractivity contribution in [1.29, 1.82) is 0 Å². The summed E-state index contributed by atoms with van der Waals surface area (Å²) in [5.41, 5.74) is 8.48. The molecule has 1 N–H and O–H groups in total. The molecule has 1 heterocycles. The molecule has 3 aromatic rings. The maximum atomic E-state index is 12.9. The van der Waals surface area contributed by atoms with Crippen molar-refractivity contribution in [2.75, 3.05) is 0 Å². The molecule has 0 unspecified atom stereocenters. The van der Waals surface area contributed by atoms with Gasteiger partial charge < -0.3 is 23.4 Å². The maximum absolute atomic E-state index is 12.9. The van der Waals surface area contributed by atoms with Crippen LogP contribution >= 0.6 is 0 Å². The average Bonchev–Trinajstić information content (AvgIpc) is 3.33. The van der Waals surface area contributed by atoms with Crippen LogP contribution in [0.25, 0.3) is 0 Å². The standard InChI is InChI=1S/C26H25N2O.CF3.U/c1-18-11-20(15-27-24-13-21-9-5-6-10-22(21)14-24)12-23-17-28(26(29)25(18)23)16-19-7-3-2-4-8-19;2-1(3)4;/h3-12,24,27H,13-17H2,1H3;;/q2*-1;+2. The van der Waals surface area contributed by atoms with Crippen LogP contribution in [0.2, 0.25) is 0 Å². The smallest absolute Gasteiger partial charge is 0.385 e. The van der Waals surface area contributed by atoms with Gasteiger partial charge in [-0.15, -0.1) is 5.56 Å². The van der Waals surface area contributed by atoms with Crippen molar-refractivity contribution < 1.29 is 49.1 Å². The second-order valence-corrected chi connectivity index (χ2v) is 8.49. The molecule has 0 fully saturated rings. The number of benzene rings is 3. The number of rotatable bonds is 5. The fraction of sp³-hybridized carbons (Fsp3) is 0.259. The number of amides is 1. The topological polar surface area (TPSA) is 32.3 Å². The Morgan fingerprint density at radius 3 is 2.24 bits per heavy atom. The first-order chi connectivity index (χ1) is 15.9. The van der Waals surface area contributed by atoms with E-state index in [1.165, 1.54) is 16.7 Å². The van der Waals surface area contributed by atoms with Gasteiger partial charge in [-0.3, -0.25) is 4.79 Å². The molecular weight excluding hydrogens is 663 g/mol. The Morgan fingerprint density at radius 1 is 1.00 bits per heavy atom. The molecular formula is C27H25F3N2OU. The van der Waals surface area contributed by atoms with Crippen LogP contribution in [-0.2, 0) is 32.5 Å². The number of fused-ring (bicyclic) bond motifs is 2. The summed E-state index contributed by atoms with van der Waals surface area (Å²) in [7, 11) is 0. The van der Waals surface area contributed by atoms with Crippen LogP contribution in [-0.4, -0.2) is 16.8 Å². The molecule has 5 rings (SSSR count). The van der Waals surface area contributed by atoms with Gasteiger partial charge >= 0.3 is 31.1 Å². The Kier molecular flexibility index (Phi) is 9.41. The summed E-state index contributed by atoms with van der Waals surface area (Å²) in [4.78, 5) is 14.9. The molecule has 0 aromatic heterocycles.